The van der Waals surface area contributed by atoms with Crippen LogP contribution < -0.4 is 15.4 Å². The minimum atomic E-state index is 0.0306. The van der Waals surface area contributed by atoms with Crippen LogP contribution in [-0.2, 0) is 12.0 Å². The molecule has 5 nitrogen and oxygen atoms in total. The van der Waals surface area contributed by atoms with E-state index >= 15 is 0 Å². The Hall–Kier alpha value is -3.08. The maximum absolute atomic E-state index is 5.20. The quantitative estimate of drug-likeness (QED) is 0.599. The fourth-order valence-corrected chi connectivity index (χ4v) is 3.02. The molecule has 0 amide bonds. The Bertz CT molecular complexity index is 930. The number of rotatable bonds is 6. The van der Waals surface area contributed by atoms with Gasteiger partial charge in [0.25, 0.3) is 0 Å². The van der Waals surface area contributed by atoms with Crippen molar-refractivity contribution in [3.8, 4) is 5.75 Å². The van der Waals surface area contributed by atoms with Crippen molar-refractivity contribution in [3.63, 3.8) is 0 Å². The van der Waals surface area contributed by atoms with Crippen LogP contribution in [0.15, 0.2) is 54.6 Å². The predicted molar refractivity (Wildman–Crippen MR) is 116 cm³/mol. The van der Waals surface area contributed by atoms with Crippen molar-refractivity contribution >= 4 is 17.5 Å². The smallest absolute Gasteiger partial charge is 0.229 e. The van der Waals surface area contributed by atoms with Gasteiger partial charge in [-0.3, -0.25) is 0 Å². The summed E-state index contributed by atoms with van der Waals surface area (Å²) in [5.41, 5.74) is 4.35. The molecule has 0 saturated heterocycles. The molecule has 3 rings (SSSR count). The molecule has 0 radical (unpaired) electrons. The molecule has 28 heavy (non-hydrogen) atoms. The van der Waals surface area contributed by atoms with Gasteiger partial charge in [-0.25, -0.2) is 4.98 Å². The van der Waals surface area contributed by atoms with E-state index in [-0.39, 0.29) is 5.41 Å². The Labute approximate surface area is 167 Å². The van der Waals surface area contributed by atoms with E-state index in [0.29, 0.717) is 12.5 Å². The highest BCUT2D eigenvalue weighted by Gasteiger charge is 2.18. The number of methoxy groups -OCH3 is 1. The first-order valence-corrected chi connectivity index (χ1v) is 9.44. The average molecular weight is 377 g/mol. The molecule has 0 bridgehead atoms. The first-order chi connectivity index (χ1) is 13.3. The van der Waals surface area contributed by atoms with Gasteiger partial charge in [0.05, 0.1) is 7.11 Å². The van der Waals surface area contributed by atoms with Gasteiger partial charge in [0.15, 0.2) is 0 Å². The molecule has 0 saturated carbocycles. The lowest BCUT2D eigenvalue weighted by Gasteiger charge is -2.23. The monoisotopic (exact) mass is 376 g/mol. The van der Waals surface area contributed by atoms with Gasteiger partial charge >= 0.3 is 0 Å². The summed E-state index contributed by atoms with van der Waals surface area (Å²) in [6, 6.07) is 18.2. The second-order valence-electron chi connectivity index (χ2n) is 7.84. The molecule has 0 aliphatic heterocycles. The SMILES string of the molecule is COc1ccc(CNc2cc(C)nc(Nc3ccccc3C(C)(C)C)n2)cc1. The Morgan fingerprint density at radius 2 is 1.68 bits per heavy atom. The molecule has 0 aliphatic rings. The van der Waals surface area contributed by atoms with Crippen molar-refractivity contribution in [1.82, 2.24) is 9.97 Å². The van der Waals surface area contributed by atoms with Crippen LogP contribution in [-0.4, -0.2) is 17.1 Å². The van der Waals surface area contributed by atoms with Crippen LogP contribution >= 0.6 is 0 Å². The maximum Gasteiger partial charge on any atom is 0.229 e. The van der Waals surface area contributed by atoms with E-state index in [2.05, 4.69) is 59.6 Å². The first kappa shape index (κ1) is 19.7. The summed E-state index contributed by atoms with van der Waals surface area (Å²) in [6.45, 7) is 9.25. The predicted octanol–water partition coefficient (Wildman–Crippen LogP) is 5.45. The number of aromatic nitrogens is 2. The number of ether oxygens (including phenoxy) is 1. The molecule has 0 atom stereocenters. The fraction of sp³-hybridized carbons (Fsp3) is 0.304. The maximum atomic E-state index is 5.20. The van der Waals surface area contributed by atoms with E-state index in [1.54, 1.807) is 7.11 Å². The summed E-state index contributed by atoms with van der Waals surface area (Å²) in [4.78, 5) is 9.19. The van der Waals surface area contributed by atoms with Gasteiger partial charge in [-0.15, -0.1) is 0 Å². The first-order valence-electron chi connectivity index (χ1n) is 9.44. The lowest BCUT2D eigenvalue weighted by molar-refractivity contribution is 0.414. The number of nitrogens with one attached hydrogen (secondary N) is 2. The molecule has 0 fully saturated rings. The zero-order chi connectivity index (χ0) is 20.1. The van der Waals surface area contributed by atoms with E-state index < -0.39 is 0 Å². The van der Waals surface area contributed by atoms with E-state index in [9.17, 15) is 0 Å². The lowest BCUT2D eigenvalue weighted by atomic mass is 9.86. The van der Waals surface area contributed by atoms with Crippen molar-refractivity contribution in [2.24, 2.45) is 0 Å². The van der Waals surface area contributed by atoms with Gasteiger partial charge in [-0.05, 0) is 41.7 Å². The van der Waals surface area contributed by atoms with Crippen molar-refractivity contribution in [2.75, 3.05) is 17.7 Å². The Balaban J connectivity index is 1.76. The summed E-state index contributed by atoms with van der Waals surface area (Å²) < 4.78 is 5.20. The highest BCUT2D eigenvalue weighted by molar-refractivity contribution is 5.61. The van der Waals surface area contributed by atoms with Gasteiger partial charge in [-0.2, -0.15) is 4.98 Å². The highest BCUT2D eigenvalue weighted by Crippen LogP contribution is 2.30. The number of para-hydroxylation sites is 1. The standard InChI is InChI=1S/C23H28N4O/c1-16-14-21(24-15-17-10-12-18(28-5)13-11-17)27-22(25-16)26-20-9-7-6-8-19(20)23(2,3)4/h6-14H,15H2,1-5H3,(H2,24,25,26,27). The second kappa shape index (κ2) is 8.30. The normalized spacial score (nSPS) is 11.2. The topological polar surface area (TPSA) is 59.1 Å². The largest absolute Gasteiger partial charge is 0.497 e. The molecule has 1 heterocycles. The van der Waals surface area contributed by atoms with Crippen LogP contribution in [0.3, 0.4) is 0 Å². The van der Waals surface area contributed by atoms with Crippen LogP contribution in [0.4, 0.5) is 17.5 Å². The molecule has 1 aromatic heterocycles. The lowest BCUT2D eigenvalue weighted by Crippen LogP contribution is -2.14. The molecule has 2 N–H and O–H groups in total. The van der Waals surface area contributed by atoms with Crippen molar-refractivity contribution in [2.45, 2.75) is 39.7 Å². The zero-order valence-corrected chi connectivity index (χ0v) is 17.2. The van der Waals surface area contributed by atoms with Crippen LogP contribution in [0.25, 0.3) is 0 Å². The van der Waals surface area contributed by atoms with Crippen LogP contribution in [0, 0.1) is 6.92 Å². The van der Waals surface area contributed by atoms with E-state index in [1.807, 2.05) is 43.3 Å². The minimum Gasteiger partial charge on any atom is -0.497 e. The summed E-state index contributed by atoms with van der Waals surface area (Å²) in [5, 5.41) is 6.77. The van der Waals surface area contributed by atoms with Crippen molar-refractivity contribution in [1.29, 1.82) is 0 Å². The molecule has 0 spiro atoms. The summed E-state index contributed by atoms with van der Waals surface area (Å²) in [6.07, 6.45) is 0. The minimum absolute atomic E-state index is 0.0306. The molecule has 5 heteroatoms. The Kier molecular flexibility index (Phi) is 5.83. The fourth-order valence-electron chi connectivity index (χ4n) is 3.02. The molecule has 146 valence electrons. The van der Waals surface area contributed by atoms with Gasteiger partial charge in [0, 0.05) is 24.0 Å². The summed E-state index contributed by atoms with van der Waals surface area (Å²) in [7, 11) is 1.67. The Morgan fingerprint density at radius 3 is 2.36 bits per heavy atom. The van der Waals surface area contributed by atoms with Gasteiger partial charge in [-0.1, -0.05) is 51.1 Å². The van der Waals surface area contributed by atoms with Crippen LogP contribution in [0.5, 0.6) is 5.75 Å². The molecule has 0 unspecified atom stereocenters. The third-order valence-corrected chi connectivity index (χ3v) is 4.47. The number of aryl methyl sites for hydroxylation is 1. The van der Waals surface area contributed by atoms with Crippen molar-refractivity contribution in [3.05, 3.63) is 71.4 Å². The number of anilines is 3. The number of benzene rings is 2. The highest BCUT2D eigenvalue weighted by atomic mass is 16.5. The third kappa shape index (κ3) is 5.00. The number of hydrogen-bond donors (Lipinski definition) is 2. The Morgan fingerprint density at radius 1 is 0.964 bits per heavy atom. The van der Waals surface area contributed by atoms with Gasteiger partial charge in [0.1, 0.15) is 11.6 Å². The molecular formula is C23H28N4O. The van der Waals surface area contributed by atoms with Crippen molar-refractivity contribution < 1.29 is 4.74 Å². The van der Waals surface area contributed by atoms with E-state index in [1.165, 1.54) is 5.56 Å². The number of nitrogens with zero attached hydrogens (tertiary/aromatic N) is 2. The summed E-state index contributed by atoms with van der Waals surface area (Å²) >= 11 is 0. The molecule has 0 aliphatic carbocycles. The van der Waals surface area contributed by atoms with Gasteiger partial charge < -0.3 is 15.4 Å². The molecular weight excluding hydrogens is 348 g/mol. The molecule has 2 aromatic carbocycles. The molecule has 3 aromatic rings. The van der Waals surface area contributed by atoms with Crippen LogP contribution in [0.2, 0.25) is 0 Å². The average Bonchev–Trinajstić information content (AvgIpc) is 2.66. The van der Waals surface area contributed by atoms with E-state index in [0.717, 1.165) is 28.5 Å². The summed E-state index contributed by atoms with van der Waals surface area (Å²) in [5.74, 6) is 2.23. The van der Waals surface area contributed by atoms with E-state index in [4.69, 9.17) is 4.74 Å². The number of hydrogen-bond acceptors (Lipinski definition) is 5. The third-order valence-electron chi connectivity index (χ3n) is 4.47. The second-order valence-corrected chi connectivity index (χ2v) is 7.84. The van der Waals surface area contributed by atoms with Gasteiger partial charge in [0.2, 0.25) is 5.95 Å². The van der Waals surface area contributed by atoms with Crippen LogP contribution in [0.1, 0.15) is 37.6 Å². The zero-order valence-electron chi connectivity index (χ0n) is 17.2.